The van der Waals surface area contributed by atoms with Crippen LogP contribution in [-0.2, 0) is 16.4 Å². The van der Waals surface area contributed by atoms with Gasteiger partial charge < -0.3 is 4.74 Å². The van der Waals surface area contributed by atoms with Crippen LogP contribution in [0.1, 0.15) is 5.56 Å². The Labute approximate surface area is 117 Å². The van der Waals surface area contributed by atoms with Crippen LogP contribution in [0.2, 0.25) is 0 Å². The molecule has 0 amide bonds. The van der Waals surface area contributed by atoms with Crippen LogP contribution in [0.15, 0.2) is 46.0 Å². The second-order valence-corrected chi connectivity index (χ2v) is 6.51. The van der Waals surface area contributed by atoms with Crippen LogP contribution in [0.5, 0.6) is 5.75 Å². The van der Waals surface area contributed by atoms with E-state index in [1.165, 1.54) is 13.2 Å². The first-order valence-corrected chi connectivity index (χ1v) is 8.19. The highest BCUT2D eigenvalue weighted by Gasteiger charge is 2.13. The van der Waals surface area contributed by atoms with E-state index in [1.54, 1.807) is 29.5 Å². The largest absolute Gasteiger partial charge is 0.497 e. The first kappa shape index (κ1) is 14.0. The minimum Gasteiger partial charge on any atom is -0.497 e. The third kappa shape index (κ3) is 3.79. The minimum atomic E-state index is -3.47. The van der Waals surface area contributed by atoms with E-state index < -0.39 is 10.0 Å². The molecule has 0 aliphatic rings. The Hall–Kier alpha value is -1.37. The van der Waals surface area contributed by atoms with Crippen molar-refractivity contribution < 1.29 is 13.2 Å². The minimum absolute atomic E-state index is 0.220. The van der Waals surface area contributed by atoms with Gasteiger partial charge in [0.05, 0.1) is 12.0 Å². The lowest BCUT2D eigenvalue weighted by Gasteiger charge is -2.07. The molecule has 0 fully saturated rings. The lowest BCUT2D eigenvalue weighted by atomic mass is 10.2. The Kier molecular flexibility index (Phi) is 4.57. The molecule has 2 aromatic rings. The highest BCUT2D eigenvalue weighted by Crippen LogP contribution is 2.16. The molecule has 0 aliphatic heterocycles. The molecule has 0 spiro atoms. The molecule has 0 aliphatic carbocycles. The third-order valence-corrected chi connectivity index (χ3v) is 4.83. The van der Waals surface area contributed by atoms with Crippen LogP contribution in [-0.4, -0.2) is 22.1 Å². The molecular formula is C13H15NO3S2. The molecule has 4 nitrogen and oxygen atoms in total. The predicted molar refractivity (Wildman–Crippen MR) is 76.2 cm³/mol. The van der Waals surface area contributed by atoms with E-state index in [1.807, 2.05) is 16.8 Å². The second-order valence-electron chi connectivity index (χ2n) is 3.96. The van der Waals surface area contributed by atoms with E-state index in [0.29, 0.717) is 18.7 Å². The van der Waals surface area contributed by atoms with Gasteiger partial charge in [-0.1, -0.05) is 6.07 Å². The maximum atomic E-state index is 12.1. The Morgan fingerprint density at radius 2 is 2.16 bits per heavy atom. The van der Waals surface area contributed by atoms with Crippen LogP contribution in [0.25, 0.3) is 0 Å². The van der Waals surface area contributed by atoms with E-state index in [4.69, 9.17) is 4.74 Å². The monoisotopic (exact) mass is 297 g/mol. The number of hydrogen-bond acceptors (Lipinski definition) is 4. The average molecular weight is 297 g/mol. The Balaban J connectivity index is 2.01. The van der Waals surface area contributed by atoms with Crippen molar-refractivity contribution in [2.75, 3.05) is 13.7 Å². The smallest absolute Gasteiger partial charge is 0.240 e. The van der Waals surface area contributed by atoms with Crippen LogP contribution >= 0.6 is 11.3 Å². The highest BCUT2D eigenvalue weighted by atomic mass is 32.2. The topological polar surface area (TPSA) is 55.4 Å². The summed E-state index contributed by atoms with van der Waals surface area (Å²) in [5, 5.41) is 3.99. The van der Waals surface area contributed by atoms with Gasteiger partial charge in [-0.3, -0.25) is 0 Å². The Bertz CT molecular complexity index is 621. The van der Waals surface area contributed by atoms with E-state index >= 15 is 0 Å². The van der Waals surface area contributed by atoms with E-state index in [-0.39, 0.29) is 4.90 Å². The standard InChI is InChI=1S/C13H15NO3S2/c1-17-12-3-2-4-13(9-12)19(15,16)14-7-5-11-6-8-18-10-11/h2-4,6,8-10,14H,5,7H2,1H3. The van der Waals surface area contributed by atoms with Gasteiger partial charge >= 0.3 is 0 Å². The van der Waals surface area contributed by atoms with Crippen LogP contribution < -0.4 is 9.46 Å². The maximum Gasteiger partial charge on any atom is 0.240 e. The van der Waals surface area contributed by atoms with Crippen molar-refractivity contribution in [3.63, 3.8) is 0 Å². The van der Waals surface area contributed by atoms with Crippen molar-refractivity contribution >= 4 is 21.4 Å². The fourth-order valence-corrected chi connectivity index (χ4v) is 3.39. The molecular weight excluding hydrogens is 282 g/mol. The number of methoxy groups -OCH3 is 1. The van der Waals surface area contributed by atoms with Crippen molar-refractivity contribution in [2.24, 2.45) is 0 Å². The lowest BCUT2D eigenvalue weighted by Crippen LogP contribution is -2.25. The van der Waals surface area contributed by atoms with Crippen molar-refractivity contribution in [1.29, 1.82) is 0 Å². The first-order chi connectivity index (χ1) is 9.12. The van der Waals surface area contributed by atoms with Gasteiger partial charge in [0, 0.05) is 12.6 Å². The summed E-state index contributed by atoms with van der Waals surface area (Å²) in [5.74, 6) is 0.528. The zero-order chi connectivity index (χ0) is 13.7. The molecule has 1 aromatic heterocycles. The number of thiophene rings is 1. The molecule has 1 N–H and O–H groups in total. The third-order valence-electron chi connectivity index (χ3n) is 2.64. The molecule has 0 radical (unpaired) electrons. The number of benzene rings is 1. The average Bonchev–Trinajstić information content (AvgIpc) is 2.92. The number of sulfonamides is 1. The van der Waals surface area contributed by atoms with Gasteiger partial charge in [0.2, 0.25) is 10.0 Å². The summed E-state index contributed by atoms with van der Waals surface area (Å²) >= 11 is 1.61. The molecule has 102 valence electrons. The summed E-state index contributed by atoms with van der Waals surface area (Å²) < 4.78 is 31.7. The normalized spacial score (nSPS) is 11.4. The SMILES string of the molecule is COc1cccc(S(=O)(=O)NCCc2ccsc2)c1. The van der Waals surface area contributed by atoms with E-state index in [2.05, 4.69) is 4.72 Å². The van der Waals surface area contributed by atoms with Gasteiger partial charge in [-0.05, 0) is 40.9 Å². The first-order valence-electron chi connectivity index (χ1n) is 5.76. The summed E-state index contributed by atoms with van der Waals surface area (Å²) in [6.45, 7) is 0.385. The molecule has 6 heteroatoms. The van der Waals surface area contributed by atoms with E-state index in [0.717, 1.165) is 5.56 Å². The maximum absolute atomic E-state index is 12.1. The van der Waals surface area contributed by atoms with Gasteiger partial charge in [0.15, 0.2) is 0 Å². The van der Waals surface area contributed by atoms with Gasteiger partial charge in [-0.2, -0.15) is 11.3 Å². The van der Waals surface area contributed by atoms with Crippen molar-refractivity contribution in [2.45, 2.75) is 11.3 Å². The summed E-state index contributed by atoms with van der Waals surface area (Å²) in [7, 11) is -1.96. The molecule has 0 bridgehead atoms. The predicted octanol–water partition coefficient (Wildman–Crippen LogP) is 2.28. The van der Waals surface area contributed by atoms with E-state index in [9.17, 15) is 8.42 Å². The molecule has 19 heavy (non-hydrogen) atoms. The Morgan fingerprint density at radius 1 is 1.32 bits per heavy atom. The fourth-order valence-electron chi connectivity index (χ4n) is 1.62. The zero-order valence-electron chi connectivity index (χ0n) is 10.5. The second kappa shape index (κ2) is 6.18. The van der Waals surface area contributed by atoms with Crippen molar-refractivity contribution in [3.8, 4) is 5.75 Å². The van der Waals surface area contributed by atoms with Crippen LogP contribution in [0.3, 0.4) is 0 Å². The summed E-state index contributed by atoms with van der Waals surface area (Å²) in [5.41, 5.74) is 1.14. The quantitative estimate of drug-likeness (QED) is 0.890. The number of nitrogens with one attached hydrogen (secondary N) is 1. The van der Waals surface area contributed by atoms with Crippen molar-refractivity contribution in [3.05, 3.63) is 46.7 Å². The number of hydrogen-bond donors (Lipinski definition) is 1. The molecule has 0 saturated heterocycles. The molecule has 2 rings (SSSR count). The van der Waals surface area contributed by atoms with Gasteiger partial charge in [0.1, 0.15) is 5.75 Å². The van der Waals surface area contributed by atoms with Crippen molar-refractivity contribution in [1.82, 2.24) is 4.72 Å². The highest BCUT2D eigenvalue weighted by molar-refractivity contribution is 7.89. The fraction of sp³-hybridized carbons (Fsp3) is 0.231. The van der Waals surface area contributed by atoms with Gasteiger partial charge in [-0.15, -0.1) is 0 Å². The summed E-state index contributed by atoms with van der Waals surface area (Å²) in [6.07, 6.45) is 0.687. The molecule has 1 aromatic carbocycles. The van der Waals surface area contributed by atoms with Gasteiger partial charge in [0.25, 0.3) is 0 Å². The number of ether oxygens (including phenoxy) is 1. The Morgan fingerprint density at radius 3 is 2.84 bits per heavy atom. The van der Waals surface area contributed by atoms with Gasteiger partial charge in [-0.25, -0.2) is 13.1 Å². The molecule has 0 saturated carbocycles. The lowest BCUT2D eigenvalue weighted by molar-refractivity contribution is 0.413. The summed E-state index contributed by atoms with van der Waals surface area (Å²) in [6, 6.07) is 8.42. The number of rotatable bonds is 6. The van der Waals surface area contributed by atoms with Crippen LogP contribution in [0.4, 0.5) is 0 Å². The van der Waals surface area contributed by atoms with Crippen LogP contribution in [0, 0.1) is 0 Å². The summed E-state index contributed by atoms with van der Waals surface area (Å²) in [4.78, 5) is 0.220. The molecule has 1 heterocycles. The zero-order valence-corrected chi connectivity index (χ0v) is 12.1. The molecule has 0 unspecified atom stereocenters. The molecule has 0 atom stereocenters.